The maximum absolute atomic E-state index is 13.4. The Hall–Kier alpha value is -4.24. The molecule has 5 aromatic rings. The molecule has 2 saturated carbocycles. The van der Waals surface area contributed by atoms with E-state index in [2.05, 4.69) is 50.3 Å². The number of carbonyl (C=O) groups is 1. The van der Waals surface area contributed by atoms with Crippen LogP contribution in [0.1, 0.15) is 47.6 Å². The smallest absolute Gasteiger partial charge is 0.257 e. The Morgan fingerprint density at radius 1 is 1.10 bits per heavy atom. The molecule has 0 spiro atoms. The summed E-state index contributed by atoms with van der Waals surface area (Å²) in [4.78, 5) is 25.3. The van der Waals surface area contributed by atoms with E-state index in [1.165, 1.54) is 5.56 Å². The van der Waals surface area contributed by atoms with Gasteiger partial charge < -0.3 is 19.5 Å². The van der Waals surface area contributed by atoms with Crippen molar-refractivity contribution in [1.82, 2.24) is 29.5 Å². The Morgan fingerprint density at radius 2 is 1.95 bits per heavy atom. The normalized spacial score (nSPS) is 18.8. The second kappa shape index (κ2) is 9.50. The van der Waals surface area contributed by atoms with Gasteiger partial charge in [0.2, 0.25) is 0 Å². The highest BCUT2D eigenvalue weighted by Crippen LogP contribution is 2.41. The van der Waals surface area contributed by atoms with E-state index in [1.54, 1.807) is 17.8 Å². The zero-order valence-corrected chi connectivity index (χ0v) is 22.1. The third-order valence-electron chi connectivity index (χ3n) is 7.99. The molecule has 9 nitrogen and oxygen atoms in total. The van der Waals surface area contributed by atoms with E-state index in [4.69, 9.17) is 14.7 Å². The Morgan fingerprint density at radius 3 is 2.69 bits per heavy atom. The number of anilines is 1. The molecule has 0 aliphatic heterocycles. The lowest BCUT2D eigenvalue weighted by atomic mass is 9.89. The summed E-state index contributed by atoms with van der Waals surface area (Å²) in [5.74, 6) is 0.674. The molecule has 198 valence electrons. The maximum Gasteiger partial charge on any atom is 0.257 e. The van der Waals surface area contributed by atoms with E-state index in [0.717, 1.165) is 53.8 Å². The van der Waals surface area contributed by atoms with E-state index >= 15 is 0 Å². The molecule has 1 aromatic carbocycles. The Kier molecular flexibility index (Phi) is 5.81. The summed E-state index contributed by atoms with van der Waals surface area (Å²) in [6.07, 6.45) is 9.86. The van der Waals surface area contributed by atoms with Crippen molar-refractivity contribution in [3.8, 4) is 11.3 Å². The number of carbonyl (C=O) groups excluding carboxylic acids is 1. The lowest BCUT2D eigenvalue weighted by molar-refractivity contribution is 0.00732. The fourth-order valence-corrected chi connectivity index (χ4v) is 5.54. The van der Waals surface area contributed by atoms with Gasteiger partial charge in [0.05, 0.1) is 24.0 Å². The van der Waals surface area contributed by atoms with Crippen molar-refractivity contribution in [3.63, 3.8) is 0 Å². The molecule has 4 heterocycles. The van der Waals surface area contributed by atoms with Crippen LogP contribution in [0.5, 0.6) is 0 Å². The minimum atomic E-state index is -0.180. The lowest BCUT2D eigenvalue weighted by Gasteiger charge is -2.35. The number of hydrogen-bond donors (Lipinski definition) is 1. The summed E-state index contributed by atoms with van der Waals surface area (Å²) in [5, 5.41) is 8.82. The third kappa shape index (κ3) is 4.23. The molecule has 39 heavy (non-hydrogen) atoms. The second-order valence-electron chi connectivity index (χ2n) is 10.6. The van der Waals surface area contributed by atoms with Crippen molar-refractivity contribution in [1.29, 1.82) is 0 Å². The zero-order valence-electron chi connectivity index (χ0n) is 22.1. The Balaban J connectivity index is 1.35. The van der Waals surface area contributed by atoms with Crippen LogP contribution in [0.3, 0.4) is 0 Å². The average Bonchev–Trinajstić information content (AvgIpc) is 3.58. The van der Waals surface area contributed by atoms with Crippen molar-refractivity contribution < 1.29 is 9.53 Å². The summed E-state index contributed by atoms with van der Waals surface area (Å²) >= 11 is 0. The van der Waals surface area contributed by atoms with Gasteiger partial charge in [-0.05, 0) is 43.4 Å². The molecular weight excluding hydrogens is 490 g/mol. The number of ether oxygens (including phenoxy) is 1. The average molecular weight is 522 g/mol. The van der Waals surface area contributed by atoms with E-state index in [1.807, 2.05) is 37.5 Å². The first-order chi connectivity index (χ1) is 19.1. The molecule has 2 aliphatic carbocycles. The van der Waals surface area contributed by atoms with Crippen LogP contribution in [-0.2, 0) is 11.3 Å². The molecule has 0 bridgehead atoms. The van der Waals surface area contributed by atoms with Gasteiger partial charge in [-0.25, -0.2) is 9.97 Å². The predicted molar refractivity (Wildman–Crippen MR) is 150 cm³/mol. The number of hydrogen-bond acceptors (Lipinski definition) is 6. The molecule has 2 atom stereocenters. The van der Waals surface area contributed by atoms with Gasteiger partial charge in [0, 0.05) is 56.2 Å². The summed E-state index contributed by atoms with van der Waals surface area (Å²) in [7, 11) is 3.73. The summed E-state index contributed by atoms with van der Waals surface area (Å²) < 4.78 is 9.54. The Labute approximate surface area is 226 Å². The number of nitrogens with one attached hydrogen (secondary N) is 1. The highest BCUT2D eigenvalue weighted by atomic mass is 16.5. The van der Waals surface area contributed by atoms with Crippen molar-refractivity contribution >= 4 is 28.4 Å². The molecule has 9 heteroatoms. The minimum absolute atomic E-state index is 0.00319. The number of aromatic nitrogens is 5. The van der Waals surface area contributed by atoms with Crippen LogP contribution >= 0.6 is 0 Å². The van der Waals surface area contributed by atoms with Gasteiger partial charge in [-0.2, -0.15) is 9.61 Å². The molecule has 2 aliphatic rings. The van der Waals surface area contributed by atoms with Gasteiger partial charge in [0.25, 0.3) is 5.91 Å². The SMILES string of the molecule is CO[C@H]1CCC1NC(=O)c1cnn2c(N(C)Cc3ccccc3)cc(-c3cn(C4CC4)c4ncccc34)nc12. The second-order valence-corrected chi connectivity index (χ2v) is 10.6. The summed E-state index contributed by atoms with van der Waals surface area (Å²) in [6.45, 7) is 0.684. The molecule has 1 unspecified atom stereocenters. The van der Waals surface area contributed by atoms with Crippen LogP contribution < -0.4 is 10.2 Å². The quantitative estimate of drug-likeness (QED) is 0.320. The number of methoxy groups -OCH3 is 1. The van der Waals surface area contributed by atoms with Crippen molar-refractivity contribution in [2.45, 2.75) is 50.4 Å². The van der Waals surface area contributed by atoms with Crippen LogP contribution in [-0.4, -0.2) is 56.4 Å². The fourth-order valence-electron chi connectivity index (χ4n) is 5.54. The molecule has 0 saturated heterocycles. The van der Waals surface area contributed by atoms with Crippen LogP contribution in [0.25, 0.3) is 27.9 Å². The predicted octanol–water partition coefficient (Wildman–Crippen LogP) is 4.62. The van der Waals surface area contributed by atoms with Crippen molar-refractivity contribution in [2.75, 3.05) is 19.1 Å². The van der Waals surface area contributed by atoms with Gasteiger partial charge in [0.1, 0.15) is 17.0 Å². The van der Waals surface area contributed by atoms with Gasteiger partial charge in [-0.1, -0.05) is 30.3 Å². The number of nitrogens with zero attached hydrogens (tertiary/aromatic N) is 6. The monoisotopic (exact) mass is 521 g/mol. The van der Waals surface area contributed by atoms with Crippen molar-refractivity contribution in [3.05, 3.63) is 78.2 Å². The Bertz CT molecular complexity index is 1670. The first kappa shape index (κ1) is 23.8. The molecule has 7 rings (SSSR count). The fraction of sp³-hybridized carbons (Fsp3) is 0.333. The summed E-state index contributed by atoms with van der Waals surface area (Å²) in [5.41, 5.74) is 4.94. The number of amides is 1. The maximum atomic E-state index is 13.4. The number of benzene rings is 1. The standard InChI is InChI=1S/C30H31N7O2/c1-35(17-19-7-4-3-5-8-19)27-15-25(23-18-36(20-10-11-20)28-21(23)9-6-14-31-28)33-29-22(16-32-37(27)29)30(38)34-24-12-13-26(24)39-2/h3-9,14-16,18,20,24,26H,10-13,17H2,1-2H3,(H,34,38)/t24?,26-/m0/s1. The molecular formula is C30H31N7O2. The highest BCUT2D eigenvalue weighted by Gasteiger charge is 2.33. The van der Waals surface area contributed by atoms with Gasteiger partial charge >= 0.3 is 0 Å². The van der Waals surface area contributed by atoms with Gasteiger partial charge in [0.15, 0.2) is 5.65 Å². The van der Waals surface area contributed by atoms with Crippen LogP contribution in [0.2, 0.25) is 0 Å². The number of rotatable bonds is 8. The third-order valence-corrected chi connectivity index (χ3v) is 7.99. The van der Waals surface area contributed by atoms with Crippen LogP contribution in [0, 0.1) is 0 Å². The zero-order chi connectivity index (χ0) is 26.5. The molecule has 4 aromatic heterocycles. The number of fused-ring (bicyclic) bond motifs is 2. The highest BCUT2D eigenvalue weighted by molar-refractivity contribution is 6.01. The first-order valence-electron chi connectivity index (χ1n) is 13.5. The van der Waals surface area contributed by atoms with Crippen LogP contribution in [0.15, 0.2) is 67.1 Å². The van der Waals surface area contributed by atoms with Gasteiger partial charge in [-0.3, -0.25) is 4.79 Å². The van der Waals surface area contributed by atoms with Gasteiger partial charge in [-0.15, -0.1) is 0 Å². The molecule has 1 N–H and O–H groups in total. The van der Waals surface area contributed by atoms with E-state index in [0.29, 0.717) is 23.8 Å². The molecule has 2 fully saturated rings. The number of pyridine rings is 1. The summed E-state index contributed by atoms with van der Waals surface area (Å²) in [6, 6.07) is 16.9. The van der Waals surface area contributed by atoms with E-state index in [9.17, 15) is 4.79 Å². The first-order valence-corrected chi connectivity index (χ1v) is 13.5. The largest absolute Gasteiger partial charge is 0.379 e. The molecule has 1 amide bonds. The topological polar surface area (TPSA) is 89.6 Å². The lowest BCUT2D eigenvalue weighted by Crippen LogP contribution is -2.51. The van der Waals surface area contributed by atoms with E-state index < -0.39 is 0 Å². The van der Waals surface area contributed by atoms with Crippen LogP contribution in [0.4, 0.5) is 5.82 Å². The minimum Gasteiger partial charge on any atom is -0.379 e. The molecule has 0 radical (unpaired) electrons. The van der Waals surface area contributed by atoms with Crippen molar-refractivity contribution in [2.24, 2.45) is 0 Å². The van der Waals surface area contributed by atoms with E-state index in [-0.39, 0.29) is 18.1 Å².